The fourth-order valence-corrected chi connectivity index (χ4v) is 3.06. The molecule has 2 unspecified atom stereocenters. The van der Waals surface area contributed by atoms with Crippen LogP contribution in [-0.2, 0) is 12.8 Å². The molecule has 2 aromatic carbocycles. The fourth-order valence-electron chi connectivity index (χ4n) is 3.06. The number of aromatic hydroxyl groups is 1. The van der Waals surface area contributed by atoms with Gasteiger partial charge in [-0.25, -0.2) is 4.39 Å². The minimum Gasteiger partial charge on any atom is -0.508 e. The van der Waals surface area contributed by atoms with Crippen LogP contribution in [0.25, 0.3) is 0 Å². The number of phenolic OH excluding ortho intramolecular Hbond substituents is 1. The highest BCUT2D eigenvalue weighted by molar-refractivity contribution is 5.45. The molecule has 1 aliphatic rings. The van der Waals surface area contributed by atoms with Crippen molar-refractivity contribution in [3.05, 3.63) is 59.4 Å². The summed E-state index contributed by atoms with van der Waals surface area (Å²) in [4.78, 5) is 0. The molecule has 3 rings (SSSR count). The second-order valence-electron chi connectivity index (χ2n) is 6.07. The normalized spacial score (nSPS) is 18.1. The van der Waals surface area contributed by atoms with Crippen LogP contribution >= 0.6 is 0 Å². The lowest BCUT2D eigenvalue weighted by Crippen LogP contribution is -2.45. The first kappa shape index (κ1) is 15.8. The van der Waals surface area contributed by atoms with Gasteiger partial charge < -0.3 is 15.2 Å². The minimum atomic E-state index is -0.206. The summed E-state index contributed by atoms with van der Waals surface area (Å²) >= 11 is 0. The molecule has 1 aliphatic heterocycles. The maximum Gasteiger partial charge on any atom is 0.126 e. The first-order chi connectivity index (χ1) is 11.2. The van der Waals surface area contributed by atoms with Crippen LogP contribution in [0.2, 0.25) is 0 Å². The second-order valence-corrected chi connectivity index (χ2v) is 6.07. The molecule has 0 saturated carbocycles. The zero-order valence-corrected chi connectivity index (χ0v) is 13.3. The number of halogens is 1. The third-order valence-electron chi connectivity index (χ3n) is 4.36. The third-order valence-corrected chi connectivity index (χ3v) is 4.36. The van der Waals surface area contributed by atoms with Crippen molar-refractivity contribution in [1.82, 2.24) is 5.32 Å². The van der Waals surface area contributed by atoms with Crippen molar-refractivity contribution in [2.75, 3.05) is 6.61 Å². The van der Waals surface area contributed by atoms with E-state index in [9.17, 15) is 9.50 Å². The summed E-state index contributed by atoms with van der Waals surface area (Å²) in [6.07, 6.45) is 2.57. The first-order valence-corrected chi connectivity index (χ1v) is 8.10. The predicted octanol–water partition coefficient (Wildman–Crippen LogP) is 3.45. The van der Waals surface area contributed by atoms with Crippen molar-refractivity contribution < 1.29 is 14.2 Å². The largest absolute Gasteiger partial charge is 0.508 e. The smallest absolute Gasteiger partial charge is 0.126 e. The maximum absolute atomic E-state index is 13.0. The van der Waals surface area contributed by atoms with Crippen LogP contribution in [-0.4, -0.2) is 23.8 Å². The van der Waals surface area contributed by atoms with Gasteiger partial charge in [-0.1, -0.05) is 25.1 Å². The van der Waals surface area contributed by atoms with Crippen LogP contribution in [0.15, 0.2) is 42.5 Å². The molecule has 1 heterocycles. The summed E-state index contributed by atoms with van der Waals surface area (Å²) in [6.45, 7) is 2.73. The molecular weight excluding hydrogens is 293 g/mol. The summed E-state index contributed by atoms with van der Waals surface area (Å²) < 4.78 is 18.8. The number of hydrogen-bond donors (Lipinski definition) is 2. The van der Waals surface area contributed by atoms with Crippen LogP contribution in [0.3, 0.4) is 0 Å². The number of nitrogens with one attached hydrogen (secondary N) is 1. The lowest BCUT2D eigenvalue weighted by atomic mass is 9.98. The van der Waals surface area contributed by atoms with Gasteiger partial charge in [-0.15, -0.1) is 0 Å². The molecule has 23 heavy (non-hydrogen) atoms. The Kier molecular flexibility index (Phi) is 4.82. The Morgan fingerprint density at radius 2 is 2.04 bits per heavy atom. The molecule has 0 amide bonds. The molecule has 2 atom stereocenters. The van der Waals surface area contributed by atoms with E-state index in [-0.39, 0.29) is 11.9 Å². The highest BCUT2D eigenvalue weighted by Crippen LogP contribution is 2.32. The van der Waals surface area contributed by atoms with E-state index in [1.165, 1.54) is 12.1 Å². The van der Waals surface area contributed by atoms with Crippen LogP contribution in [0, 0.1) is 5.82 Å². The van der Waals surface area contributed by atoms with E-state index in [0.717, 1.165) is 36.1 Å². The van der Waals surface area contributed by atoms with Gasteiger partial charge in [0.1, 0.15) is 23.9 Å². The molecule has 0 radical (unpaired) electrons. The Balaban J connectivity index is 1.63. The molecule has 0 aromatic heterocycles. The van der Waals surface area contributed by atoms with Crippen LogP contribution < -0.4 is 10.1 Å². The SMILES string of the molecule is CCC(Cc1ccc(F)cc1)NC1COc2cccc(O)c2C1. The summed E-state index contributed by atoms with van der Waals surface area (Å²) in [5.74, 6) is 0.859. The Bertz CT molecular complexity index is 657. The van der Waals surface area contributed by atoms with Gasteiger partial charge in [0.2, 0.25) is 0 Å². The molecule has 3 nitrogen and oxygen atoms in total. The van der Waals surface area contributed by atoms with Gasteiger partial charge in [0, 0.05) is 17.6 Å². The van der Waals surface area contributed by atoms with E-state index in [4.69, 9.17) is 4.74 Å². The zero-order valence-electron chi connectivity index (χ0n) is 13.3. The van der Waals surface area contributed by atoms with Gasteiger partial charge in [0.15, 0.2) is 0 Å². The standard InChI is InChI=1S/C19H22FNO2/c1-2-15(10-13-6-8-14(20)9-7-13)21-16-11-17-18(22)4-3-5-19(17)23-12-16/h3-9,15-16,21-22H,2,10-12H2,1H3. The predicted molar refractivity (Wildman–Crippen MR) is 88.4 cm³/mol. The van der Waals surface area contributed by atoms with Gasteiger partial charge in [-0.2, -0.15) is 0 Å². The van der Waals surface area contributed by atoms with Gasteiger partial charge >= 0.3 is 0 Å². The van der Waals surface area contributed by atoms with E-state index in [2.05, 4.69) is 12.2 Å². The average molecular weight is 315 g/mol. The lowest BCUT2D eigenvalue weighted by Gasteiger charge is -2.30. The number of ether oxygens (including phenoxy) is 1. The Labute approximate surface area is 136 Å². The number of phenols is 1. The second kappa shape index (κ2) is 7.01. The molecule has 122 valence electrons. The molecular formula is C19H22FNO2. The van der Waals surface area contributed by atoms with Crippen molar-refractivity contribution >= 4 is 0 Å². The van der Waals surface area contributed by atoms with E-state index >= 15 is 0 Å². The van der Waals surface area contributed by atoms with Gasteiger partial charge in [-0.05, 0) is 49.1 Å². The maximum atomic E-state index is 13.0. The molecule has 4 heteroatoms. The Hall–Kier alpha value is -2.07. The van der Waals surface area contributed by atoms with Crippen molar-refractivity contribution in [3.63, 3.8) is 0 Å². The Morgan fingerprint density at radius 3 is 2.78 bits per heavy atom. The molecule has 2 aromatic rings. The van der Waals surface area contributed by atoms with E-state index < -0.39 is 0 Å². The molecule has 0 aliphatic carbocycles. The minimum absolute atomic E-state index is 0.168. The highest BCUT2D eigenvalue weighted by Gasteiger charge is 2.24. The van der Waals surface area contributed by atoms with Gasteiger partial charge in [-0.3, -0.25) is 0 Å². The summed E-state index contributed by atoms with van der Waals surface area (Å²) in [7, 11) is 0. The number of hydrogen-bond acceptors (Lipinski definition) is 3. The monoisotopic (exact) mass is 315 g/mol. The van der Waals surface area contributed by atoms with Crippen molar-refractivity contribution in [2.24, 2.45) is 0 Å². The topological polar surface area (TPSA) is 41.5 Å². The number of fused-ring (bicyclic) bond motifs is 1. The molecule has 2 N–H and O–H groups in total. The van der Waals surface area contributed by atoms with Crippen LogP contribution in [0.5, 0.6) is 11.5 Å². The first-order valence-electron chi connectivity index (χ1n) is 8.10. The third kappa shape index (κ3) is 3.82. The molecule has 0 fully saturated rings. The summed E-state index contributed by atoms with van der Waals surface area (Å²) in [5, 5.41) is 13.6. The van der Waals surface area contributed by atoms with Crippen molar-refractivity contribution in [1.29, 1.82) is 0 Å². The van der Waals surface area contributed by atoms with E-state index in [1.54, 1.807) is 12.1 Å². The number of benzene rings is 2. The van der Waals surface area contributed by atoms with Crippen molar-refractivity contribution in [2.45, 2.75) is 38.3 Å². The fraction of sp³-hybridized carbons (Fsp3) is 0.368. The summed E-state index contributed by atoms with van der Waals surface area (Å²) in [6, 6.07) is 12.5. The molecule has 0 spiro atoms. The Morgan fingerprint density at radius 1 is 1.26 bits per heavy atom. The lowest BCUT2D eigenvalue weighted by molar-refractivity contribution is 0.222. The molecule has 0 saturated heterocycles. The van der Waals surface area contributed by atoms with Crippen LogP contribution in [0.4, 0.5) is 4.39 Å². The number of rotatable bonds is 5. The molecule has 0 bridgehead atoms. The van der Waals surface area contributed by atoms with Gasteiger partial charge in [0.25, 0.3) is 0 Å². The van der Waals surface area contributed by atoms with Crippen LogP contribution in [0.1, 0.15) is 24.5 Å². The average Bonchev–Trinajstić information content (AvgIpc) is 2.57. The highest BCUT2D eigenvalue weighted by atomic mass is 19.1. The quantitative estimate of drug-likeness (QED) is 0.888. The summed E-state index contributed by atoms with van der Waals surface area (Å²) in [5.41, 5.74) is 1.98. The van der Waals surface area contributed by atoms with E-state index in [0.29, 0.717) is 18.4 Å². The van der Waals surface area contributed by atoms with Gasteiger partial charge in [0.05, 0.1) is 0 Å². The van der Waals surface area contributed by atoms with Crippen molar-refractivity contribution in [3.8, 4) is 11.5 Å². The zero-order chi connectivity index (χ0) is 16.2. The van der Waals surface area contributed by atoms with E-state index in [1.807, 2.05) is 18.2 Å².